The van der Waals surface area contributed by atoms with Gasteiger partial charge in [-0.3, -0.25) is 19.9 Å². The molecular weight excluding hydrogens is 665 g/mol. The summed E-state index contributed by atoms with van der Waals surface area (Å²) in [5, 5.41) is 0. The highest BCUT2D eigenvalue weighted by atomic mass is 14.9. The second-order valence-corrected chi connectivity index (χ2v) is 12.6. The van der Waals surface area contributed by atoms with Crippen molar-refractivity contribution < 1.29 is 0 Å². The van der Waals surface area contributed by atoms with Gasteiger partial charge in [0.05, 0.1) is 22.8 Å². The summed E-state index contributed by atoms with van der Waals surface area (Å²) in [4.78, 5) is 36.4. The summed E-state index contributed by atoms with van der Waals surface area (Å²) in [6.07, 6.45) is 14.1. The first kappa shape index (κ1) is 32.3. The van der Waals surface area contributed by atoms with E-state index in [0.29, 0.717) is 11.6 Å². The van der Waals surface area contributed by atoms with Crippen LogP contribution in [0.15, 0.2) is 183 Å². The van der Waals surface area contributed by atoms with E-state index >= 15 is 0 Å². The highest BCUT2D eigenvalue weighted by molar-refractivity contribution is 5.78. The van der Waals surface area contributed by atoms with Crippen LogP contribution < -0.4 is 0 Å². The molecule has 0 fully saturated rings. The van der Waals surface area contributed by atoms with Crippen LogP contribution in [0.2, 0.25) is 0 Å². The molecule has 0 amide bonds. The van der Waals surface area contributed by atoms with Gasteiger partial charge in [-0.1, -0.05) is 66.7 Å². The van der Waals surface area contributed by atoms with Crippen LogP contribution in [0.5, 0.6) is 0 Å². The smallest absolute Gasteiger partial charge is 0.160 e. The standard InChI is InChI=1S/C46H30N8/c1-2-39(31-4-8-33(9-5-31)41-29-43(35-12-20-47-21-13-35)53-45(51-41)37-16-24-49-25-17-37)28-40(3-1)32-6-10-34(11-7-32)42-30-44(36-14-22-48-23-15-36)54-46(52-42)38-18-26-50-27-19-38/h1-30H. The molecule has 54 heavy (non-hydrogen) atoms. The van der Waals surface area contributed by atoms with Crippen molar-refractivity contribution in [3.05, 3.63) is 183 Å². The molecule has 0 spiro atoms. The zero-order chi connectivity index (χ0) is 36.1. The van der Waals surface area contributed by atoms with Crippen molar-refractivity contribution >= 4 is 0 Å². The molecule has 0 bridgehead atoms. The zero-order valence-corrected chi connectivity index (χ0v) is 28.9. The lowest BCUT2D eigenvalue weighted by Gasteiger charge is -2.11. The summed E-state index contributed by atoms with van der Waals surface area (Å²) in [6, 6.07) is 45.3. The van der Waals surface area contributed by atoms with Crippen LogP contribution >= 0.6 is 0 Å². The number of hydrogen-bond acceptors (Lipinski definition) is 8. The average Bonchev–Trinajstić information content (AvgIpc) is 3.27. The Morgan fingerprint density at radius 1 is 0.222 bits per heavy atom. The third-order valence-corrected chi connectivity index (χ3v) is 9.17. The van der Waals surface area contributed by atoms with Crippen molar-refractivity contribution in [1.29, 1.82) is 0 Å². The van der Waals surface area contributed by atoms with Gasteiger partial charge in [-0.05, 0) is 89.0 Å². The monoisotopic (exact) mass is 694 g/mol. The Morgan fingerprint density at radius 2 is 0.500 bits per heavy atom. The summed E-state index contributed by atoms with van der Waals surface area (Å²) < 4.78 is 0. The van der Waals surface area contributed by atoms with Crippen molar-refractivity contribution in [3.8, 4) is 90.1 Å². The van der Waals surface area contributed by atoms with Crippen LogP contribution in [0.3, 0.4) is 0 Å². The van der Waals surface area contributed by atoms with Gasteiger partial charge in [0.25, 0.3) is 0 Å². The Balaban J connectivity index is 1.00. The van der Waals surface area contributed by atoms with E-state index in [2.05, 4.69) is 92.7 Å². The predicted molar refractivity (Wildman–Crippen MR) is 212 cm³/mol. The quantitative estimate of drug-likeness (QED) is 0.155. The van der Waals surface area contributed by atoms with Crippen LogP contribution in [-0.4, -0.2) is 39.9 Å². The molecule has 6 aromatic heterocycles. The minimum atomic E-state index is 0.646. The summed E-state index contributed by atoms with van der Waals surface area (Å²) in [6.45, 7) is 0. The predicted octanol–water partition coefficient (Wildman–Crippen LogP) is 10.2. The van der Waals surface area contributed by atoms with E-state index in [9.17, 15) is 0 Å². The van der Waals surface area contributed by atoms with Gasteiger partial charge in [-0.25, -0.2) is 19.9 Å². The number of aromatic nitrogens is 8. The van der Waals surface area contributed by atoms with Gasteiger partial charge in [0.2, 0.25) is 0 Å². The van der Waals surface area contributed by atoms with Crippen LogP contribution in [0.4, 0.5) is 0 Å². The number of benzene rings is 3. The molecular formula is C46H30N8. The lowest BCUT2D eigenvalue weighted by Crippen LogP contribution is -1.96. The first-order valence-corrected chi connectivity index (χ1v) is 17.4. The van der Waals surface area contributed by atoms with Crippen LogP contribution in [0.25, 0.3) is 90.1 Å². The maximum atomic E-state index is 4.96. The first-order valence-electron chi connectivity index (χ1n) is 17.4. The second kappa shape index (κ2) is 14.6. The highest BCUT2D eigenvalue weighted by Gasteiger charge is 2.13. The Hall–Kier alpha value is -7.58. The second-order valence-electron chi connectivity index (χ2n) is 12.6. The lowest BCUT2D eigenvalue weighted by molar-refractivity contribution is 1.17. The average molecular weight is 695 g/mol. The third-order valence-electron chi connectivity index (χ3n) is 9.17. The topological polar surface area (TPSA) is 103 Å². The van der Waals surface area contributed by atoms with Crippen LogP contribution in [0, 0.1) is 0 Å². The van der Waals surface area contributed by atoms with Gasteiger partial charge in [-0.15, -0.1) is 0 Å². The van der Waals surface area contributed by atoms with Crippen molar-refractivity contribution in [2.24, 2.45) is 0 Å². The normalized spacial score (nSPS) is 11.0. The molecule has 0 aliphatic carbocycles. The maximum absolute atomic E-state index is 4.96. The van der Waals surface area contributed by atoms with Gasteiger partial charge in [-0.2, -0.15) is 0 Å². The molecule has 9 rings (SSSR count). The summed E-state index contributed by atoms with van der Waals surface area (Å²) in [5.41, 5.74) is 13.6. The molecule has 0 N–H and O–H groups in total. The Kier molecular flexibility index (Phi) is 8.73. The zero-order valence-electron chi connectivity index (χ0n) is 28.9. The van der Waals surface area contributed by atoms with Gasteiger partial charge in [0.15, 0.2) is 11.6 Å². The SMILES string of the molecule is c1cc(-c2ccc(-c3cc(-c4ccncc4)nc(-c4ccncc4)n3)cc2)cc(-c2ccc(-c3cc(-c4ccncc4)nc(-c4ccncc4)n3)cc2)c1. The number of rotatable bonds is 8. The summed E-state index contributed by atoms with van der Waals surface area (Å²) in [5.74, 6) is 1.29. The fourth-order valence-corrected chi connectivity index (χ4v) is 6.34. The van der Waals surface area contributed by atoms with E-state index in [1.54, 1.807) is 49.6 Å². The molecule has 0 atom stereocenters. The molecule has 8 heteroatoms. The molecule has 0 aliphatic heterocycles. The Morgan fingerprint density at radius 3 is 0.833 bits per heavy atom. The molecule has 0 saturated heterocycles. The van der Waals surface area contributed by atoms with Crippen molar-refractivity contribution in [2.75, 3.05) is 0 Å². The molecule has 0 aliphatic rings. The van der Waals surface area contributed by atoms with Crippen LogP contribution in [-0.2, 0) is 0 Å². The van der Waals surface area contributed by atoms with Gasteiger partial charge < -0.3 is 0 Å². The third kappa shape index (κ3) is 6.87. The van der Waals surface area contributed by atoms with Gasteiger partial charge >= 0.3 is 0 Å². The van der Waals surface area contributed by atoms with Crippen molar-refractivity contribution in [2.45, 2.75) is 0 Å². The van der Waals surface area contributed by atoms with E-state index in [0.717, 1.165) is 78.4 Å². The van der Waals surface area contributed by atoms with E-state index in [1.165, 1.54) is 0 Å². The largest absolute Gasteiger partial charge is 0.265 e. The molecule has 0 saturated carbocycles. The van der Waals surface area contributed by atoms with Gasteiger partial charge in [0.1, 0.15) is 0 Å². The van der Waals surface area contributed by atoms with E-state index in [1.807, 2.05) is 60.7 Å². The molecule has 254 valence electrons. The number of nitrogens with zero attached hydrogens (tertiary/aromatic N) is 8. The summed E-state index contributed by atoms with van der Waals surface area (Å²) >= 11 is 0. The van der Waals surface area contributed by atoms with E-state index < -0.39 is 0 Å². The van der Waals surface area contributed by atoms with E-state index in [4.69, 9.17) is 19.9 Å². The Labute approximate surface area is 312 Å². The van der Waals surface area contributed by atoms with E-state index in [-0.39, 0.29) is 0 Å². The first-order chi connectivity index (χ1) is 26.7. The molecule has 3 aromatic carbocycles. The molecule has 6 heterocycles. The molecule has 9 aromatic rings. The van der Waals surface area contributed by atoms with Crippen molar-refractivity contribution in [3.63, 3.8) is 0 Å². The number of pyridine rings is 4. The highest BCUT2D eigenvalue weighted by Crippen LogP contribution is 2.33. The molecule has 0 radical (unpaired) electrons. The number of hydrogen-bond donors (Lipinski definition) is 0. The lowest BCUT2D eigenvalue weighted by atomic mass is 9.97. The minimum Gasteiger partial charge on any atom is -0.265 e. The maximum Gasteiger partial charge on any atom is 0.160 e. The molecule has 0 unspecified atom stereocenters. The van der Waals surface area contributed by atoms with Gasteiger partial charge in [0, 0.05) is 83.0 Å². The fraction of sp³-hybridized carbons (Fsp3) is 0. The summed E-state index contributed by atoms with van der Waals surface area (Å²) in [7, 11) is 0. The molecule has 8 nitrogen and oxygen atoms in total. The van der Waals surface area contributed by atoms with Crippen molar-refractivity contribution in [1.82, 2.24) is 39.9 Å². The van der Waals surface area contributed by atoms with Crippen LogP contribution in [0.1, 0.15) is 0 Å². The minimum absolute atomic E-state index is 0.646. The fourth-order valence-electron chi connectivity index (χ4n) is 6.34. The Bertz CT molecular complexity index is 2370.